The van der Waals surface area contributed by atoms with Crippen LogP contribution in [0.5, 0.6) is 0 Å². The van der Waals surface area contributed by atoms with Crippen LogP contribution in [0.25, 0.3) is 0 Å². The van der Waals surface area contributed by atoms with Crippen molar-refractivity contribution in [3.8, 4) is 0 Å². The number of benzene rings is 2. The number of halogens is 1. The van der Waals surface area contributed by atoms with Crippen LogP contribution in [0, 0.1) is 0 Å². The van der Waals surface area contributed by atoms with E-state index in [2.05, 4.69) is 11.0 Å². The molecule has 1 saturated heterocycles. The minimum atomic E-state index is -0.652. The van der Waals surface area contributed by atoms with E-state index in [4.69, 9.17) is 11.6 Å². The minimum Gasteiger partial charge on any atom is -0.385 e. The average Bonchev–Trinajstić information content (AvgIpc) is 2.59. The van der Waals surface area contributed by atoms with Gasteiger partial charge in [-0.05, 0) is 49.4 Å². The van der Waals surface area contributed by atoms with Gasteiger partial charge in [0.2, 0.25) is 0 Å². The highest BCUT2D eigenvalue weighted by Crippen LogP contribution is 2.32. The third kappa shape index (κ3) is 4.14. The molecule has 0 saturated carbocycles. The van der Waals surface area contributed by atoms with Crippen LogP contribution in [-0.4, -0.2) is 29.6 Å². The van der Waals surface area contributed by atoms with Gasteiger partial charge in [-0.3, -0.25) is 0 Å². The van der Waals surface area contributed by atoms with Crippen molar-refractivity contribution >= 4 is 11.6 Å². The van der Waals surface area contributed by atoms with E-state index >= 15 is 0 Å². The van der Waals surface area contributed by atoms with Crippen LogP contribution in [-0.2, 0) is 12.0 Å². The molecule has 0 unspecified atom stereocenters. The molecule has 1 fully saturated rings. The van der Waals surface area contributed by atoms with Crippen LogP contribution >= 0.6 is 11.6 Å². The first kappa shape index (κ1) is 16.5. The number of piperidine rings is 1. The first-order valence-electron chi connectivity index (χ1n) is 8.41. The van der Waals surface area contributed by atoms with Crippen molar-refractivity contribution in [1.82, 2.24) is 4.90 Å². The topological polar surface area (TPSA) is 23.5 Å². The molecule has 122 valence electrons. The molecule has 3 heteroatoms. The summed E-state index contributed by atoms with van der Waals surface area (Å²) in [6.07, 6.45) is 3.73. The highest BCUT2D eigenvalue weighted by atomic mass is 35.5. The van der Waals surface area contributed by atoms with Gasteiger partial charge in [0.25, 0.3) is 0 Å². The largest absolute Gasteiger partial charge is 0.385 e. The van der Waals surface area contributed by atoms with Gasteiger partial charge in [0.15, 0.2) is 0 Å². The Kier molecular flexibility index (Phi) is 5.37. The van der Waals surface area contributed by atoms with E-state index in [0.717, 1.165) is 55.9 Å². The van der Waals surface area contributed by atoms with E-state index in [1.807, 2.05) is 48.5 Å². The molecule has 0 aliphatic carbocycles. The Balaban J connectivity index is 1.47. The molecule has 0 spiro atoms. The van der Waals surface area contributed by atoms with Crippen molar-refractivity contribution in [2.45, 2.75) is 31.3 Å². The minimum absolute atomic E-state index is 0.652. The van der Waals surface area contributed by atoms with E-state index in [1.54, 1.807) is 0 Å². The Morgan fingerprint density at radius 3 is 2.30 bits per heavy atom. The molecule has 0 amide bonds. The molecular weight excluding hydrogens is 306 g/mol. The standard InChI is InChI=1S/C20H24ClNO/c21-19-11-5-4-7-17(19)8-6-14-22-15-12-20(23,13-16-22)18-9-2-1-3-10-18/h1-5,7,9-11,23H,6,8,12-16H2. The SMILES string of the molecule is OC1(c2ccccc2)CCN(CCCc2ccccc2Cl)CC1. The molecule has 3 rings (SSSR count). The van der Waals surface area contributed by atoms with Crippen LogP contribution < -0.4 is 0 Å². The Morgan fingerprint density at radius 1 is 0.957 bits per heavy atom. The molecule has 1 aliphatic heterocycles. The summed E-state index contributed by atoms with van der Waals surface area (Å²) in [5.74, 6) is 0. The molecule has 23 heavy (non-hydrogen) atoms. The molecule has 1 heterocycles. The Morgan fingerprint density at radius 2 is 1.61 bits per heavy atom. The van der Waals surface area contributed by atoms with Gasteiger partial charge in [-0.2, -0.15) is 0 Å². The number of aryl methyl sites for hydroxylation is 1. The molecule has 1 N–H and O–H groups in total. The molecule has 0 radical (unpaired) electrons. The van der Waals surface area contributed by atoms with Crippen LogP contribution in [0.2, 0.25) is 5.02 Å². The fraction of sp³-hybridized carbons (Fsp3) is 0.400. The smallest absolute Gasteiger partial charge is 0.0920 e. The summed E-state index contributed by atoms with van der Waals surface area (Å²) in [4.78, 5) is 2.45. The zero-order valence-corrected chi connectivity index (χ0v) is 14.2. The zero-order valence-electron chi connectivity index (χ0n) is 13.4. The molecule has 0 aromatic heterocycles. The van der Waals surface area contributed by atoms with Gasteiger partial charge >= 0.3 is 0 Å². The lowest BCUT2D eigenvalue weighted by atomic mass is 9.84. The molecular formula is C20H24ClNO. The van der Waals surface area contributed by atoms with Gasteiger partial charge in [-0.1, -0.05) is 60.1 Å². The van der Waals surface area contributed by atoms with E-state index in [9.17, 15) is 5.11 Å². The van der Waals surface area contributed by atoms with Crippen molar-refractivity contribution < 1.29 is 5.11 Å². The fourth-order valence-electron chi connectivity index (χ4n) is 3.38. The van der Waals surface area contributed by atoms with E-state index in [1.165, 1.54) is 5.56 Å². The maximum absolute atomic E-state index is 10.9. The van der Waals surface area contributed by atoms with Gasteiger partial charge in [-0.15, -0.1) is 0 Å². The lowest BCUT2D eigenvalue weighted by molar-refractivity contribution is -0.0259. The molecule has 1 aliphatic rings. The quantitative estimate of drug-likeness (QED) is 0.886. The molecule has 2 aromatic carbocycles. The second kappa shape index (κ2) is 7.48. The summed E-state index contributed by atoms with van der Waals surface area (Å²) in [5, 5.41) is 11.7. The first-order chi connectivity index (χ1) is 11.2. The number of likely N-dealkylation sites (tertiary alicyclic amines) is 1. The number of rotatable bonds is 5. The highest BCUT2D eigenvalue weighted by Gasteiger charge is 2.33. The van der Waals surface area contributed by atoms with Crippen molar-refractivity contribution in [2.75, 3.05) is 19.6 Å². The maximum Gasteiger partial charge on any atom is 0.0920 e. The van der Waals surface area contributed by atoms with Crippen molar-refractivity contribution in [1.29, 1.82) is 0 Å². The monoisotopic (exact) mass is 329 g/mol. The van der Waals surface area contributed by atoms with Crippen LogP contribution in [0.1, 0.15) is 30.4 Å². The molecule has 0 bridgehead atoms. The van der Waals surface area contributed by atoms with Crippen molar-refractivity contribution in [3.05, 3.63) is 70.7 Å². The molecule has 2 nitrogen and oxygen atoms in total. The van der Waals surface area contributed by atoms with E-state index in [-0.39, 0.29) is 0 Å². The van der Waals surface area contributed by atoms with Crippen molar-refractivity contribution in [2.24, 2.45) is 0 Å². The average molecular weight is 330 g/mol. The highest BCUT2D eigenvalue weighted by molar-refractivity contribution is 6.31. The van der Waals surface area contributed by atoms with Gasteiger partial charge in [-0.25, -0.2) is 0 Å². The summed E-state index contributed by atoms with van der Waals surface area (Å²) in [6, 6.07) is 18.1. The summed E-state index contributed by atoms with van der Waals surface area (Å²) in [6.45, 7) is 2.97. The fourth-order valence-corrected chi connectivity index (χ4v) is 3.61. The third-order valence-corrected chi connectivity index (χ3v) is 5.24. The van der Waals surface area contributed by atoms with Gasteiger partial charge in [0, 0.05) is 18.1 Å². The predicted octanol–water partition coefficient (Wildman–Crippen LogP) is 4.26. The first-order valence-corrected chi connectivity index (χ1v) is 8.79. The van der Waals surface area contributed by atoms with Crippen LogP contribution in [0.4, 0.5) is 0 Å². The lowest BCUT2D eigenvalue weighted by Crippen LogP contribution is -2.42. The van der Waals surface area contributed by atoms with Crippen molar-refractivity contribution in [3.63, 3.8) is 0 Å². The maximum atomic E-state index is 10.9. The summed E-state index contributed by atoms with van der Waals surface area (Å²) in [7, 11) is 0. The second-order valence-electron chi connectivity index (χ2n) is 6.43. The van der Waals surface area contributed by atoms with Gasteiger partial charge in [0.05, 0.1) is 5.60 Å². The van der Waals surface area contributed by atoms with Gasteiger partial charge < -0.3 is 10.0 Å². The molecule has 2 aromatic rings. The van der Waals surface area contributed by atoms with Crippen LogP contribution in [0.3, 0.4) is 0 Å². The number of aliphatic hydroxyl groups is 1. The normalized spacial score (nSPS) is 18.0. The van der Waals surface area contributed by atoms with E-state index in [0.29, 0.717) is 0 Å². The summed E-state index contributed by atoms with van der Waals surface area (Å²) in [5.41, 5.74) is 1.63. The lowest BCUT2D eigenvalue weighted by Gasteiger charge is -2.38. The zero-order chi connectivity index (χ0) is 16.1. The Labute approximate surface area is 143 Å². The Hall–Kier alpha value is -1.35. The van der Waals surface area contributed by atoms with Gasteiger partial charge in [0.1, 0.15) is 0 Å². The molecule has 0 atom stereocenters. The number of hydrogen-bond donors (Lipinski definition) is 1. The number of nitrogens with zero attached hydrogens (tertiary/aromatic N) is 1. The number of hydrogen-bond acceptors (Lipinski definition) is 2. The van der Waals surface area contributed by atoms with E-state index < -0.39 is 5.60 Å². The Bertz CT molecular complexity index is 621. The van der Waals surface area contributed by atoms with Crippen LogP contribution in [0.15, 0.2) is 54.6 Å². The summed E-state index contributed by atoms with van der Waals surface area (Å²) < 4.78 is 0. The summed E-state index contributed by atoms with van der Waals surface area (Å²) >= 11 is 6.20. The predicted molar refractivity (Wildman–Crippen MR) is 95.8 cm³/mol. The third-order valence-electron chi connectivity index (χ3n) is 4.87. The second-order valence-corrected chi connectivity index (χ2v) is 6.84.